The van der Waals surface area contributed by atoms with Gasteiger partial charge in [-0.05, 0) is 203 Å². The van der Waals surface area contributed by atoms with E-state index in [2.05, 4.69) is 282 Å². The number of hydrogen-bond donors (Lipinski definition) is 2. The Bertz CT molecular complexity index is 9000. The molecule has 0 unspecified atom stereocenters. The van der Waals surface area contributed by atoms with Crippen molar-refractivity contribution in [2.75, 3.05) is 0 Å². The van der Waals surface area contributed by atoms with Crippen molar-refractivity contribution < 1.29 is 140 Å². The van der Waals surface area contributed by atoms with Crippen molar-refractivity contribution in [3.05, 3.63) is 369 Å². The number of pyridine rings is 4. The van der Waals surface area contributed by atoms with Crippen molar-refractivity contribution in [3.63, 3.8) is 0 Å². The van der Waals surface area contributed by atoms with Gasteiger partial charge < -0.3 is 64.7 Å². The average Bonchev–Trinajstić information content (AvgIpc) is 1.58. The van der Waals surface area contributed by atoms with Crippen LogP contribution in [0.5, 0.6) is 0 Å². The van der Waals surface area contributed by atoms with Crippen molar-refractivity contribution in [1.82, 2.24) is 98.7 Å². The van der Waals surface area contributed by atoms with Crippen LogP contribution in [-0.2, 0) is 132 Å². The van der Waals surface area contributed by atoms with Crippen LogP contribution in [0.2, 0.25) is 0 Å². The minimum absolute atomic E-state index is 0. The number of aromatic carboxylic acids is 1. The summed E-state index contributed by atoms with van der Waals surface area (Å²) in [6, 6.07) is 84.1. The fourth-order valence-corrected chi connectivity index (χ4v) is 19.3. The number of aliphatic hydroxyl groups excluding tert-OH is 1. The van der Waals surface area contributed by atoms with E-state index < -0.39 is 5.97 Å². The van der Waals surface area contributed by atoms with Gasteiger partial charge in [-0.25, -0.2) is 24.7 Å². The summed E-state index contributed by atoms with van der Waals surface area (Å²) in [5, 5.41) is 50.6. The normalized spacial score (nSPS) is 11.0. The summed E-state index contributed by atoms with van der Waals surface area (Å²) in [6.07, 6.45) is 22.6. The van der Waals surface area contributed by atoms with Crippen molar-refractivity contribution in [3.8, 4) is 16.8 Å². The number of rotatable bonds is 4. The van der Waals surface area contributed by atoms with Crippen molar-refractivity contribution >= 4 is 224 Å². The van der Waals surface area contributed by atoms with Gasteiger partial charge >= 0.3 is 5.97 Å². The van der Waals surface area contributed by atoms with Gasteiger partial charge in [0.25, 0.3) is 0 Å². The summed E-state index contributed by atoms with van der Waals surface area (Å²) in [4.78, 5) is 82.2. The third-order valence-electron chi connectivity index (χ3n) is 24.1. The van der Waals surface area contributed by atoms with E-state index in [0.29, 0.717) is 0 Å². The van der Waals surface area contributed by atoms with E-state index in [1.54, 1.807) is 54.8 Å². The summed E-state index contributed by atoms with van der Waals surface area (Å²) < 4.78 is 7.37. The largest absolute Gasteiger partial charge is 0.660 e. The fourth-order valence-electron chi connectivity index (χ4n) is 18.5. The molecular weight excluding hydrogens is 2860 g/mol. The number of para-hydroxylation sites is 3. The number of ketones is 1. The molecule has 28 rings (SSSR count). The number of fused-ring (bicyclic) bond motifs is 38. The summed E-state index contributed by atoms with van der Waals surface area (Å²) >= 11 is 1.69. The number of imidazole rings is 5. The molecule has 0 saturated carbocycles. The number of nitrogens with zero attached hydrogens (tertiary/aromatic N) is 20. The zero-order valence-corrected chi connectivity index (χ0v) is 91.0. The Kier molecular flexibility index (Phi) is 32.7. The van der Waals surface area contributed by atoms with Gasteiger partial charge in [0.15, 0.2) is 5.78 Å². The van der Waals surface area contributed by atoms with E-state index in [4.69, 9.17) is 20.2 Å². The molecule has 2 N–H and O–H groups in total. The molecule has 0 aliphatic heterocycles. The first-order chi connectivity index (χ1) is 66.1. The minimum Gasteiger partial charge on any atom is -0.660 e. The summed E-state index contributed by atoms with van der Waals surface area (Å²) in [6.45, 7) is 11.4. The minimum atomic E-state index is -0.990. The Balaban J connectivity index is 0.000000131. The van der Waals surface area contributed by atoms with E-state index in [1.807, 2.05) is 115 Å². The Morgan fingerprint density at radius 1 is 0.394 bits per heavy atom. The maximum atomic E-state index is 10.1. The quantitative estimate of drug-likeness (QED) is 0.0939. The molecule has 0 amide bonds. The molecule has 716 valence electrons. The Hall–Kier alpha value is -14.1. The number of allylic oxidation sites excluding steroid dienone is 2. The number of carbonyl (C=O) groups is 2. The van der Waals surface area contributed by atoms with Gasteiger partial charge in [0, 0.05) is 209 Å². The van der Waals surface area contributed by atoms with E-state index in [0.717, 1.165) is 143 Å². The number of hydrogen-bond acceptors (Lipinski definition) is 15. The Morgan fingerprint density at radius 2 is 0.873 bits per heavy atom. The van der Waals surface area contributed by atoms with E-state index in [1.165, 1.54) is 130 Å². The van der Waals surface area contributed by atoms with Crippen LogP contribution in [0.15, 0.2) is 341 Å². The van der Waals surface area contributed by atoms with Crippen LogP contribution in [0.25, 0.3) is 218 Å². The number of thiazole rings is 1. The van der Waals surface area contributed by atoms with E-state index in [-0.39, 0.29) is 145 Å². The molecule has 142 heavy (non-hydrogen) atoms. The number of aryl methyl sites for hydroxylation is 5. The van der Waals surface area contributed by atoms with Crippen LogP contribution >= 0.6 is 11.3 Å². The van der Waals surface area contributed by atoms with Crippen LogP contribution in [0.3, 0.4) is 0 Å². The molecule has 0 aliphatic rings. The third kappa shape index (κ3) is 19.3. The molecule has 0 aliphatic carbocycles. The van der Waals surface area contributed by atoms with Gasteiger partial charge in [-0.3, -0.25) is 24.0 Å². The maximum Gasteiger partial charge on any atom is 0.354 e. The number of aliphatic hydroxyl groups is 1. The molecule has 14 heterocycles. The molecule has 24 nitrogen and oxygen atoms in total. The second-order valence-corrected chi connectivity index (χ2v) is 33.4. The van der Waals surface area contributed by atoms with Crippen molar-refractivity contribution in [2.24, 2.45) is 7.05 Å². The average molecular weight is 2950 g/mol. The number of carbonyl (C=O) groups excluding carboxylic acids is 1. The number of benzene rings is 14. The smallest absolute Gasteiger partial charge is 0.354 e. The van der Waals surface area contributed by atoms with Crippen LogP contribution in [0.4, 0.5) is 0 Å². The predicted octanol–water partition coefficient (Wildman–Crippen LogP) is 24.4. The molecule has 0 atom stereocenters. The van der Waals surface area contributed by atoms with Crippen molar-refractivity contribution in [2.45, 2.75) is 49.0 Å². The SMILES string of the molecule is C.CC(=O)C=C(C)O.Cc1cccc(C)c1-c1c[n-]c2c1c1ccccc1n1ccnc21.Cc1cccc(C)c1-n1cnc2c3[n-]cnc3c3ccccc3c21.Cn1cc2c3ccccc3c3cn[n-]c3c2n1.O=C(O)c1ccccn1.[Ir].[Ir].[Ir].[Ir].[Ir].[Ir].c1ccc2c(c1)[n-]c1c3ncsc3c3ccccc3c21.c1ccc2c(c1)c1cccnc1c1[n-]cnc21.c1ccc2c(c1)c1cccnc1c1[n-]cnc21. The van der Waals surface area contributed by atoms with Crippen LogP contribution in [-0.4, -0.2) is 90.7 Å². The molecule has 6 radical (unpaired) electrons. The number of carboxylic acid groups (broad SMARTS) is 1. The second-order valence-electron chi connectivity index (χ2n) is 32.6. The molecule has 0 bridgehead atoms. The Labute approximate surface area is 896 Å². The van der Waals surface area contributed by atoms with Gasteiger partial charge in [-0.1, -0.05) is 261 Å². The van der Waals surface area contributed by atoms with Crippen molar-refractivity contribution in [1.29, 1.82) is 0 Å². The first kappa shape index (κ1) is 104. The molecule has 0 spiro atoms. The second kappa shape index (κ2) is 44.8. The summed E-state index contributed by atoms with van der Waals surface area (Å²) in [7, 11) is 1.93. The molecule has 0 saturated heterocycles. The number of carboxylic acids is 1. The molecule has 14 aromatic heterocycles. The third-order valence-corrected chi connectivity index (χ3v) is 25.0. The van der Waals surface area contributed by atoms with Crippen LogP contribution < -0.4 is 30.0 Å². The molecule has 14 aromatic carbocycles. The molecule has 28 aromatic rings. The summed E-state index contributed by atoms with van der Waals surface area (Å²) in [5.41, 5.74) is 27.9. The molecule has 31 heteroatoms. The van der Waals surface area contributed by atoms with Crippen LogP contribution in [0, 0.1) is 27.7 Å². The summed E-state index contributed by atoms with van der Waals surface area (Å²) in [5.74, 6) is -1.05. The van der Waals surface area contributed by atoms with E-state index in [9.17, 15) is 9.59 Å². The molecule has 0 fully saturated rings. The fraction of sp³-hybridized carbons (Fsp3) is 0.0721. The zero-order valence-electron chi connectivity index (χ0n) is 75.8. The predicted molar refractivity (Wildman–Crippen MR) is 548 cm³/mol. The molecular formula is C111H82Ir6N20O4S-6. The first-order valence-corrected chi connectivity index (χ1v) is 44.4. The van der Waals surface area contributed by atoms with Gasteiger partial charge in [0.2, 0.25) is 0 Å². The topological polar surface area (TPSA) is 315 Å². The Morgan fingerprint density at radius 3 is 1.42 bits per heavy atom. The van der Waals surface area contributed by atoms with E-state index >= 15 is 0 Å². The first-order valence-electron chi connectivity index (χ1n) is 43.5. The maximum absolute atomic E-state index is 10.1. The van der Waals surface area contributed by atoms with Gasteiger partial charge in [-0.15, -0.1) is 16.9 Å². The standard InChI is InChI=1S/C21H16N3.C20H15N4.C17H9N2S.2C14H8N3.C13H9N4.C6H5NO2.C5H8O2.CH4.6Ir/c1-13-6-5-7-14(2)18(13)16-12-23-20-19(16)15-8-3-4-9-17(15)24-11-10-22-21(20)24;1-12-6-5-7-13(2)19(12)24-11-23-18-17-16(21-10-22-17)14-8-3-4-9-15(14)20(18)24;1-2-6-11-10(5-1)14-12-7-3-4-8-13(12)19-15(14)16-17(11)20-9-18-16;2*1-2-5-10-9(4-1)11-6-3-7-15-12(11)14-13(10)16-8-17-14;1-17-7-11-9-5-3-2-4-8(9)10-6-14-15-12(10)13(11)16-17;8-6(9)5-3-1-2-4-7-5;1-4(6)3-5(2)7;;;;;;;/h3-12H,1-2H3;3-11H,1-2H3;1-9H;2*1-8H;2-7H,1H3;1-4H,(H,8,9);3,6H,1-2H3;1H4;;;;;;/q6*-1;;;;;;;;;. The van der Waals surface area contributed by atoms with Gasteiger partial charge in [-0.2, -0.15) is 11.3 Å². The monoisotopic (exact) mass is 2950 g/mol. The van der Waals surface area contributed by atoms with Gasteiger partial charge in [0.05, 0.1) is 60.3 Å². The van der Waals surface area contributed by atoms with Gasteiger partial charge in [0.1, 0.15) is 17.7 Å². The number of aromatic nitrogens is 20. The van der Waals surface area contributed by atoms with Crippen LogP contribution in [0.1, 0.15) is 54.0 Å². The zero-order chi connectivity index (χ0) is 92.1.